The molecule has 7 rings (SSSR count). The molecule has 0 unspecified atom stereocenters. The van der Waals surface area contributed by atoms with E-state index in [1.54, 1.807) is 24.3 Å². The molecule has 0 aliphatic rings. The number of anilines is 2. The van der Waals surface area contributed by atoms with Gasteiger partial charge in [-0.05, 0) is 98.1 Å². The van der Waals surface area contributed by atoms with Crippen molar-refractivity contribution >= 4 is 117 Å². The second-order valence-corrected chi connectivity index (χ2v) is 20.0. The maximum Gasteiger partial charge on any atom is 0.266 e. The SMILES string of the molecule is C.CC(=O)NO.COc1ccc(S(=O)(=O)Cl)c(OC)c1.COc1ccc(S(=O)(=O)Nc2noc3cc(Br)c(C)cc23)c(OC)c1.Cc1cc(C#N)c(F)cc1Br.Cc1cc2c(N)noc2cc1Br. The normalized spacial score (nSPS) is 10.4. The topological polar surface area (TPSA) is 268 Å². The number of ether oxygens (including phenoxy) is 4. The number of nitrogens with zero attached hydrogens (tertiary/aromatic N) is 3. The van der Waals surface area contributed by atoms with Crippen LogP contribution in [0, 0.1) is 37.9 Å². The lowest BCUT2D eigenvalue weighted by Crippen LogP contribution is -2.14. The van der Waals surface area contributed by atoms with Crippen LogP contribution in [0.4, 0.5) is 16.0 Å². The average molecular weight is 1200 g/mol. The van der Waals surface area contributed by atoms with Crippen molar-refractivity contribution in [3.05, 3.63) is 114 Å². The molecule has 0 bridgehead atoms. The van der Waals surface area contributed by atoms with Gasteiger partial charge in [-0.25, -0.2) is 26.7 Å². The van der Waals surface area contributed by atoms with Crippen molar-refractivity contribution in [2.24, 2.45) is 0 Å². The summed E-state index contributed by atoms with van der Waals surface area (Å²) in [5.41, 5.74) is 11.2. The fourth-order valence-electron chi connectivity index (χ4n) is 5.13. The summed E-state index contributed by atoms with van der Waals surface area (Å²) in [6, 6.07) is 20.7. The van der Waals surface area contributed by atoms with Crippen LogP contribution in [0.25, 0.3) is 21.9 Å². The van der Waals surface area contributed by atoms with Gasteiger partial charge in [0, 0.05) is 43.2 Å². The third kappa shape index (κ3) is 16.0. The number of nitriles is 1. The van der Waals surface area contributed by atoms with E-state index in [4.69, 9.17) is 54.9 Å². The summed E-state index contributed by atoms with van der Waals surface area (Å²) in [4.78, 5) is 9.36. The summed E-state index contributed by atoms with van der Waals surface area (Å²) in [7, 11) is 3.20. The van der Waals surface area contributed by atoms with Crippen molar-refractivity contribution in [2.75, 3.05) is 38.9 Å². The maximum atomic E-state index is 12.8. The zero-order chi connectivity index (χ0) is 50.4. The summed E-state index contributed by atoms with van der Waals surface area (Å²) >= 11 is 9.96. The predicted molar refractivity (Wildman–Crippen MR) is 266 cm³/mol. The quantitative estimate of drug-likeness (QED) is 0.0626. The molecule has 5 aromatic carbocycles. The fraction of sp³-hybridized carbons (Fsp3) is 0.209. The van der Waals surface area contributed by atoms with E-state index >= 15 is 0 Å². The second kappa shape index (κ2) is 26.2. The summed E-state index contributed by atoms with van der Waals surface area (Å²) in [5, 5.41) is 24.9. The molecule has 0 fully saturated rings. The van der Waals surface area contributed by atoms with Gasteiger partial charge in [0.05, 0.1) is 44.8 Å². The van der Waals surface area contributed by atoms with Gasteiger partial charge in [-0.1, -0.05) is 65.5 Å². The number of aryl methyl sites for hydroxylation is 3. The minimum atomic E-state index is -3.93. The van der Waals surface area contributed by atoms with Crippen molar-refractivity contribution in [1.82, 2.24) is 15.8 Å². The molecule has 1 amide bonds. The molecule has 0 radical (unpaired) electrons. The number of carbonyl (C=O) groups is 1. The van der Waals surface area contributed by atoms with Crippen LogP contribution in [0.1, 0.15) is 36.6 Å². The second-order valence-electron chi connectivity index (χ2n) is 13.2. The van der Waals surface area contributed by atoms with Crippen molar-refractivity contribution in [2.45, 2.75) is 44.9 Å². The molecule has 18 nitrogen and oxygen atoms in total. The van der Waals surface area contributed by atoms with Gasteiger partial charge in [0.25, 0.3) is 19.1 Å². The van der Waals surface area contributed by atoms with Crippen LogP contribution in [0.2, 0.25) is 0 Å². The zero-order valence-corrected chi connectivity index (χ0v) is 43.6. The first-order valence-electron chi connectivity index (χ1n) is 18.5. The summed E-state index contributed by atoms with van der Waals surface area (Å²) in [6.07, 6.45) is 0. The molecule has 366 valence electrons. The monoisotopic (exact) mass is 1190 g/mol. The van der Waals surface area contributed by atoms with E-state index in [2.05, 4.69) is 62.8 Å². The Hall–Kier alpha value is -5.68. The van der Waals surface area contributed by atoms with Crippen molar-refractivity contribution < 1.29 is 59.2 Å². The van der Waals surface area contributed by atoms with Gasteiger partial charge in [-0.3, -0.25) is 14.7 Å². The van der Waals surface area contributed by atoms with Crippen molar-refractivity contribution in [3.8, 4) is 29.1 Å². The standard InChI is InChI=1S/C16H15BrN2O5S.C8H5BrFN.C8H7BrN2O.C8H9ClO4S.C2H5NO2.CH4/c1-9-6-11-13(8-12(9)17)24-18-16(11)19-25(20,21)15-5-4-10(22-2)7-14(15)23-3;1-5-2-6(4-11)8(10)3-7(5)9;1-4-2-5-7(3-6(4)9)12-11-8(5)10;1-12-6-3-4-8(14(9,10)11)7(5-6)13-2;1-2(4)3-5;/h4-8H,1-3H3,(H,18,19);2-3H,1H3;2-3H,1H3,(H2,10,11);3-5H,1-2H3;5H,1H3,(H,3,4);1H4. The number of halogens is 5. The lowest BCUT2D eigenvalue weighted by molar-refractivity contribution is -0.126. The van der Waals surface area contributed by atoms with Crippen LogP contribution < -0.4 is 34.9 Å². The third-order valence-electron chi connectivity index (χ3n) is 8.58. The van der Waals surface area contributed by atoms with Crippen LogP contribution >= 0.6 is 58.5 Å². The highest BCUT2D eigenvalue weighted by molar-refractivity contribution is 9.11. The number of sulfonamides is 1. The van der Waals surface area contributed by atoms with E-state index in [1.165, 1.54) is 83.3 Å². The van der Waals surface area contributed by atoms with Gasteiger partial charge in [-0.2, -0.15) is 5.26 Å². The summed E-state index contributed by atoms with van der Waals surface area (Å²) < 4.78 is 95.6. The predicted octanol–water partition coefficient (Wildman–Crippen LogP) is 10.7. The maximum absolute atomic E-state index is 12.8. The minimum Gasteiger partial charge on any atom is -0.497 e. The van der Waals surface area contributed by atoms with Crippen molar-refractivity contribution in [3.63, 3.8) is 0 Å². The highest BCUT2D eigenvalue weighted by Crippen LogP contribution is 2.34. The molecule has 0 aliphatic heterocycles. The molecule has 0 saturated heterocycles. The number of fused-ring (bicyclic) bond motifs is 2. The largest absolute Gasteiger partial charge is 0.497 e. The number of rotatable bonds is 8. The minimum absolute atomic E-state index is 0. The first kappa shape index (κ1) is 58.4. The van der Waals surface area contributed by atoms with Gasteiger partial charge >= 0.3 is 0 Å². The van der Waals surface area contributed by atoms with E-state index < -0.39 is 30.8 Å². The van der Waals surface area contributed by atoms with Gasteiger partial charge in [0.15, 0.2) is 22.8 Å². The number of aromatic nitrogens is 2. The molecule has 0 atom stereocenters. The molecule has 0 aliphatic carbocycles. The Balaban J connectivity index is 0.000000316. The number of hydrogen-bond acceptors (Lipinski definition) is 16. The van der Waals surface area contributed by atoms with Crippen molar-refractivity contribution in [1.29, 1.82) is 5.26 Å². The fourth-order valence-corrected chi connectivity index (χ4v) is 8.25. The highest BCUT2D eigenvalue weighted by Gasteiger charge is 2.24. The molecule has 0 spiro atoms. The van der Waals surface area contributed by atoms with E-state index in [-0.39, 0.29) is 40.1 Å². The van der Waals surface area contributed by atoms with Crippen LogP contribution in [0.5, 0.6) is 23.0 Å². The van der Waals surface area contributed by atoms with Crippen LogP contribution in [-0.4, -0.2) is 66.7 Å². The summed E-state index contributed by atoms with van der Waals surface area (Å²) in [5.74, 6) is 0.964. The van der Waals surface area contributed by atoms with Crippen LogP contribution in [0.3, 0.4) is 0 Å². The molecule has 2 heterocycles. The number of nitrogens with one attached hydrogen (secondary N) is 2. The van der Waals surface area contributed by atoms with E-state index in [1.807, 2.05) is 32.9 Å². The molecule has 68 heavy (non-hydrogen) atoms. The molecule has 0 saturated carbocycles. The zero-order valence-electron chi connectivity index (χ0n) is 36.5. The van der Waals surface area contributed by atoms with E-state index in [0.29, 0.717) is 38.3 Å². The van der Waals surface area contributed by atoms with Crippen LogP contribution in [0.15, 0.2) is 105 Å². The first-order chi connectivity index (χ1) is 31.4. The number of hydrogen-bond donors (Lipinski definition) is 4. The van der Waals surface area contributed by atoms with E-state index in [0.717, 1.165) is 31.0 Å². The number of methoxy groups -OCH3 is 4. The van der Waals surface area contributed by atoms with Gasteiger partial charge in [0.2, 0.25) is 5.91 Å². The van der Waals surface area contributed by atoms with Gasteiger partial charge in [-0.15, -0.1) is 0 Å². The smallest absolute Gasteiger partial charge is 0.266 e. The lowest BCUT2D eigenvalue weighted by Gasteiger charge is -2.11. The Bertz CT molecular complexity index is 3150. The molecule has 7 aromatic rings. The number of hydroxylamine groups is 1. The Labute approximate surface area is 421 Å². The van der Waals surface area contributed by atoms with Gasteiger partial charge in [0.1, 0.15) is 44.7 Å². The molecule has 25 heteroatoms. The Kier molecular flexibility index (Phi) is 22.5. The number of nitrogen functional groups attached to an aromatic ring is 1. The number of carbonyl (C=O) groups excluding carboxylic acids is 1. The lowest BCUT2D eigenvalue weighted by atomic mass is 10.1. The third-order valence-corrected chi connectivity index (χ3v) is 13.9. The summed E-state index contributed by atoms with van der Waals surface area (Å²) in [6.45, 7) is 6.92. The number of benzene rings is 5. The van der Waals surface area contributed by atoms with Crippen LogP contribution in [-0.2, 0) is 23.9 Å². The van der Waals surface area contributed by atoms with E-state index in [9.17, 15) is 26.0 Å². The Morgan fingerprint density at radius 1 is 0.750 bits per heavy atom. The number of amides is 1. The average Bonchev–Trinajstić information content (AvgIpc) is 3.84. The molecular formula is C43H45Br3ClFN6O12S2. The molecule has 5 N–H and O–H groups in total. The Morgan fingerprint density at radius 3 is 1.66 bits per heavy atom. The first-order valence-corrected chi connectivity index (χ1v) is 24.7. The van der Waals surface area contributed by atoms with Gasteiger partial charge < -0.3 is 33.7 Å². The Morgan fingerprint density at radius 2 is 1.19 bits per heavy atom. The molecule has 2 aromatic heterocycles. The highest BCUT2D eigenvalue weighted by atomic mass is 79.9. The molecular weight excluding hydrogens is 1150 g/mol. The number of nitrogens with two attached hydrogens (primary N) is 1.